The normalized spacial score (nSPS) is 21.0. The highest BCUT2D eigenvalue weighted by Gasteiger charge is 2.37. The Morgan fingerprint density at radius 3 is 2.56 bits per heavy atom. The van der Waals surface area contributed by atoms with Crippen LogP contribution in [-0.2, 0) is 10.0 Å². The first-order chi connectivity index (χ1) is 19.6. The predicted octanol–water partition coefficient (Wildman–Crippen LogP) is 4.26. The van der Waals surface area contributed by atoms with Gasteiger partial charge in [0.25, 0.3) is 10.0 Å². The number of aromatic nitrogens is 6. The molecule has 4 aromatic rings. The number of nitrogens with one attached hydrogen (secondary N) is 2. The molecule has 2 fully saturated rings. The monoisotopic (exact) mass is 582 g/mol. The van der Waals surface area contributed by atoms with E-state index < -0.39 is 32.6 Å². The highest BCUT2D eigenvalue weighted by Crippen LogP contribution is 2.35. The molecule has 14 heteroatoms. The van der Waals surface area contributed by atoms with Crippen molar-refractivity contribution in [3.63, 3.8) is 0 Å². The van der Waals surface area contributed by atoms with E-state index in [1.54, 1.807) is 18.2 Å². The smallest absolute Gasteiger partial charge is 0.256 e. The van der Waals surface area contributed by atoms with Gasteiger partial charge >= 0.3 is 0 Å². The molecule has 214 valence electrons. The maximum Gasteiger partial charge on any atom is 0.256 e. The van der Waals surface area contributed by atoms with Crippen LogP contribution >= 0.6 is 0 Å². The molecule has 0 radical (unpaired) electrons. The SMILES string of the molecule is CC1(O)CCC(Nc2cc(Nc3nc(-c4cnn(S(=O)(=O)C5CC5)c4)ncc3F)ncc2-c2cccc(F)n2)CC1. The first kappa shape index (κ1) is 27.1. The molecule has 6 rings (SSSR count). The van der Waals surface area contributed by atoms with E-state index in [-0.39, 0.29) is 23.5 Å². The van der Waals surface area contributed by atoms with Crippen molar-refractivity contribution in [2.24, 2.45) is 0 Å². The van der Waals surface area contributed by atoms with E-state index in [2.05, 4.69) is 35.7 Å². The summed E-state index contributed by atoms with van der Waals surface area (Å²) in [6, 6.07) is 6.19. The van der Waals surface area contributed by atoms with Gasteiger partial charge in [-0.2, -0.15) is 13.6 Å². The minimum absolute atomic E-state index is 0.0450. The number of halogens is 2. The fourth-order valence-electron chi connectivity index (χ4n) is 4.80. The Bertz CT molecular complexity index is 1700. The van der Waals surface area contributed by atoms with Crippen molar-refractivity contribution in [3.8, 4) is 22.6 Å². The second-order valence-electron chi connectivity index (χ2n) is 10.7. The van der Waals surface area contributed by atoms with Gasteiger partial charge in [-0.15, -0.1) is 0 Å². The minimum Gasteiger partial charge on any atom is -0.390 e. The molecule has 11 nitrogen and oxygen atoms in total. The lowest BCUT2D eigenvalue weighted by Crippen LogP contribution is -2.35. The van der Waals surface area contributed by atoms with Crippen LogP contribution in [0.5, 0.6) is 0 Å². The summed E-state index contributed by atoms with van der Waals surface area (Å²) in [5.41, 5.74) is 1.14. The Morgan fingerprint density at radius 2 is 1.83 bits per heavy atom. The molecule has 0 atom stereocenters. The van der Waals surface area contributed by atoms with Gasteiger partial charge in [-0.25, -0.2) is 32.7 Å². The van der Waals surface area contributed by atoms with Gasteiger partial charge in [0.15, 0.2) is 17.5 Å². The van der Waals surface area contributed by atoms with Gasteiger partial charge in [-0.05, 0) is 57.6 Å². The van der Waals surface area contributed by atoms with Crippen molar-refractivity contribution in [2.45, 2.75) is 62.3 Å². The Balaban J connectivity index is 1.29. The summed E-state index contributed by atoms with van der Waals surface area (Å²) < 4.78 is 54.6. The van der Waals surface area contributed by atoms with Crippen LogP contribution in [0.25, 0.3) is 22.6 Å². The van der Waals surface area contributed by atoms with Gasteiger partial charge in [0, 0.05) is 29.6 Å². The van der Waals surface area contributed by atoms with Crippen LogP contribution in [0, 0.1) is 11.8 Å². The average Bonchev–Trinajstić information content (AvgIpc) is 3.69. The molecule has 0 saturated heterocycles. The largest absolute Gasteiger partial charge is 0.390 e. The van der Waals surface area contributed by atoms with Crippen LogP contribution in [0.1, 0.15) is 45.4 Å². The van der Waals surface area contributed by atoms with Gasteiger partial charge in [-0.3, -0.25) is 0 Å². The van der Waals surface area contributed by atoms with Gasteiger partial charge in [-0.1, -0.05) is 6.07 Å². The zero-order valence-electron chi connectivity index (χ0n) is 22.1. The van der Waals surface area contributed by atoms with E-state index in [1.807, 2.05) is 6.92 Å². The summed E-state index contributed by atoms with van der Waals surface area (Å²) in [7, 11) is -3.57. The maximum atomic E-state index is 14.8. The van der Waals surface area contributed by atoms with E-state index in [4.69, 9.17) is 0 Å². The van der Waals surface area contributed by atoms with Crippen molar-refractivity contribution < 1.29 is 22.3 Å². The number of hydrogen-bond acceptors (Lipinski definition) is 10. The lowest BCUT2D eigenvalue weighted by atomic mass is 9.83. The highest BCUT2D eigenvalue weighted by molar-refractivity contribution is 7.90. The molecule has 0 aromatic carbocycles. The quantitative estimate of drug-likeness (QED) is 0.257. The van der Waals surface area contributed by atoms with Crippen LogP contribution < -0.4 is 10.6 Å². The van der Waals surface area contributed by atoms with Crippen molar-refractivity contribution >= 4 is 27.3 Å². The van der Waals surface area contributed by atoms with Gasteiger partial charge in [0.1, 0.15) is 5.82 Å². The summed E-state index contributed by atoms with van der Waals surface area (Å²) in [5.74, 6) is -1.21. The molecule has 41 heavy (non-hydrogen) atoms. The van der Waals surface area contributed by atoms with Gasteiger partial charge in [0.2, 0.25) is 5.95 Å². The molecule has 0 bridgehead atoms. The fourth-order valence-corrected chi connectivity index (χ4v) is 6.28. The summed E-state index contributed by atoms with van der Waals surface area (Å²) in [6.45, 7) is 1.82. The molecule has 0 aliphatic heterocycles. The number of nitrogens with zero attached hydrogens (tertiary/aromatic N) is 6. The molecule has 2 saturated carbocycles. The summed E-state index contributed by atoms with van der Waals surface area (Å²) in [5, 5.41) is 20.2. The molecule has 0 amide bonds. The van der Waals surface area contributed by atoms with Crippen LogP contribution in [0.3, 0.4) is 0 Å². The topological polar surface area (TPSA) is 148 Å². The van der Waals surface area contributed by atoms with Crippen molar-refractivity contribution in [1.82, 2.24) is 29.1 Å². The molecular weight excluding hydrogens is 554 g/mol. The van der Waals surface area contributed by atoms with E-state index in [0.29, 0.717) is 48.2 Å². The number of aliphatic hydroxyl groups is 1. The average molecular weight is 583 g/mol. The molecule has 4 aromatic heterocycles. The van der Waals surface area contributed by atoms with Crippen molar-refractivity contribution in [3.05, 3.63) is 60.8 Å². The third kappa shape index (κ3) is 5.88. The zero-order valence-corrected chi connectivity index (χ0v) is 22.9. The first-order valence-corrected chi connectivity index (χ1v) is 14.8. The summed E-state index contributed by atoms with van der Waals surface area (Å²) in [4.78, 5) is 16.6. The van der Waals surface area contributed by atoms with Crippen LogP contribution in [-0.4, -0.2) is 59.5 Å². The zero-order chi connectivity index (χ0) is 28.8. The number of anilines is 3. The Labute approximate surface area is 235 Å². The fraction of sp³-hybridized carbons (Fsp3) is 0.370. The minimum atomic E-state index is -3.57. The van der Waals surface area contributed by atoms with E-state index in [1.165, 1.54) is 24.7 Å². The lowest BCUT2D eigenvalue weighted by molar-refractivity contribution is 0.0196. The lowest BCUT2D eigenvalue weighted by Gasteiger charge is -2.34. The second kappa shape index (κ2) is 10.4. The summed E-state index contributed by atoms with van der Waals surface area (Å²) >= 11 is 0. The molecular formula is C27H28F2N8O3S. The predicted molar refractivity (Wildman–Crippen MR) is 148 cm³/mol. The van der Waals surface area contributed by atoms with Crippen molar-refractivity contribution in [1.29, 1.82) is 0 Å². The van der Waals surface area contributed by atoms with E-state index in [0.717, 1.165) is 23.1 Å². The van der Waals surface area contributed by atoms with Gasteiger partial charge < -0.3 is 15.7 Å². The van der Waals surface area contributed by atoms with E-state index >= 15 is 0 Å². The molecule has 0 unspecified atom stereocenters. The number of pyridine rings is 2. The molecule has 2 aliphatic rings. The second-order valence-corrected chi connectivity index (χ2v) is 12.8. The van der Waals surface area contributed by atoms with Gasteiger partial charge in [0.05, 0.1) is 40.7 Å². The van der Waals surface area contributed by atoms with Crippen LogP contribution in [0.15, 0.2) is 49.1 Å². The highest BCUT2D eigenvalue weighted by atomic mass is 32.2. The maximum absolute atomic E-state index is 14.8. The molecule has 2 aliphatic carbocycles. The Hall–Kier alpha value is -4.04. The van der Waals surface area contributed by atoms with Crippen LogP contribution in [0.2, 0.25) is 0 Å². The summed E-state index contributed by atoms with van der Waals surface area (Å²) in [6.07, 6.45) is 9.02. The first-order valence-electron chi connectivity index (χ1n) is 13.3. The molecule has 3 N–H and O–H groups in total. The molecule has 4 heterocycles. The Kier molecular flexibility index (Phi) is 6.90. The third-order valence-electron chi connectivity index (χ3n) is 7.33. The molecule has 0 spiro atoms. The van der Waals surface area contributed by atoms with Crippen LogP contribution in [0.4, 0.5) is 26.1 Å². The van der Waals surface area contributed by atoms with E-state index in [9.17, 15) is 22.3 Å². The number of rotatable bonds is 8. The Morgan fingerprint density at radius 1 is 1.05 bits per heavy atom. The van der Waals surface area contributed by atoms with Crippen molar-refractivity contribution in [2.75, 3.05) is 10.6 Å². The third-order valence-corrected chi connectivity index (χ3v) is 9.37. The number of hydrogen-bond donors (Lipinski definition) is 3. The standard InChI is InChI=1S/C27H28F2N8O3S/c1-27(38)9-7-17(8-10-27)33-22-11-24(30-13-19(22)21-3-2-4-23(29)34-21)35-26-20(28)14-31-25(36-26)16-12-32-37(15-16)41(39,40)18-5-6-18/h2-4,11-15,17-18,38H,5-10H2,1H3,(H2,30,31,33,35,36).